The first-order chi connectivity index (χ1) is 7.27. The first kappa shape index (κ1) is 10.9. The zero-order chi connectivity index (χ0) is 10.7. The number of carbonyl (C=O) groups is 1. The predicted octanol–water partition coefficient (Wildman–Crippen LogP) is -0.0975. The first-order valence-corrected chi connectivity index (χ1v) is 5.96. The summed E-state index contributed by atoms with van der Waals surface area (Å²) < 4.78 is 0. The van der Waals surface area contributed by atoms with Crippen molar-refractivity contribution in [3.63, 3.8) is 0 Å². The molecule has 4 nitrogen and oxygen atoms in total. The van der Waals surface area contributed by atoms with Gasteiger partial charge in [0.15, 0.2) is 0 Å². The fraction of sp³-hybridized carbons (Fsp3) is 0.909. The molecule has 2 aliphatic rings. The second-order valence-electron chi connectivity index (χ2n) is 4.62. The number of rotatable bonds is 1. The molecule has 4 heteroatoms. The van der Waals surface area contributed by atoms with E-state index in [9.17, 15) is 4.79 Å². The Morgan fingerprint density at radius 1 is 1.27 bits per heavy atom. The second kappa shape index (κ2) is 4.94. The van der Waals surface area contributed by atoms with E-state index in [0.29, 0.717) is 12.6 Å². The molecule has 86 valence electrons. The number of hydrogen-bond acceptors (Lipinski definition) is 3. The lowest BCUT2D eigenvalue weighted by molar-refractivity contribution is -0.130. The smallest absolute Gasteiger partial charge is 0.236 e. The maximum absolute atomic E-state index is 11.7. The quantitative estimate of drug-likeness (QED) is 0.658. The Labute approximate surface area is 91.6 Å². The molecular formula is C11H21N3O. The van der Waals surface area contributed by atoms with Gasteiger partial charge in [-0.05, 0) is 32.4 Å². The van der Waals surface area contributed by atoms with E-state index in [2.05, 4.69) is 10.2 Å². The standard InChI is InChI=1S/C11H21N3O/c1-13-7-2-8-14(9-11(13)15)10-3-5-12-6-4-10/h10,12H,2-9H2,1H3. The van der Waals surface area contributed by atoms with E-state index in [0.717, 1.165) is 32.6 Å². The molecule has 1 N–H and O–H groups in total. The molecule has 0 atom stereocenters. The van der Waals surface area contributed by atoms with Gasteiger partial charge in [0.2, 0.25) is 5.91 Å². The highest BCUT2D eigenvalue weighted by Crippen LogP contribution is 2.14. The van der Waals surface area contributed by atoms with Crippen molar-refractivity contribution in [1.82, 2.24) is 15.1 Å². The average Bonchev–Trinajstić information content (AvgIpc) is 2.43. The van der Waals surface area contributed by atoms with Crippen molar-refractivity contribution in [3.05, 3.63) is 0 Å². The second-order valence-corrected chi connectivity index (χ2v) is 4.62. The summed E-state index contributed by atoms with van der Waals surface area (Å²) in [6.45, 7) is 4.83. The Hall–Kier alpha value is -0.610. The lowest BCUT2D eigenvalue weighted by Gasteiger charge is -2.33. The summed E-state index contributed by atoms with van der Waals surface area (Å²) in [6.07, 6.45) is 3.50. The maximum Gasteiger partial charge on any atom is 0.236 e. The molecule has 0 aromatic rings. The van der Waals surface area contributed by atoms with Crippen molar-refractivity contribution in [1.29, 1.82) is 0 Å². The summed E-state index contributed by atoms with van der Waals surface area (Å²) in [4.78, 5) is 16.0. The van der Waals surface area contributed by atoms with E-state index in [1.54, 1.807) is 0 Å². The Morgan fingerprint density at radius 2 is 2.00 bits per heavy atom. The van der Waals surface area contributed by atoms with Crippen molar-refractivity contribution >= 4 is 5.91 Å². The maximum atomic E-state index is 11.7. The number of carbonyl (C=O) groups excluding carboxylic acids is 1. The predicted molar refractivity (Wildman–Crippen MR) is 59.7 cm³/mol. The Kier molecular flexibility index (Phi) is 3.59. The lowest BCUT2D eigenvalue weighted by atomic mass is 10.0. The van der Waals surface area contributed by atoms with Gasteiger partial charge in [0.25, 0.3) is 0 Å². The Morgan fingerprint density at radius 3 is 2.73 bits per heavy atom. The van der Waals surface area contributed by atoms with Crippen LogP contribution in [0.2, 0.25) is 0 Å². The molecule has 0 unspecified atom stereocenters. The summed E-state index contributed by atoms with van der Waals surface area (Å²) in [7, 11) is 1.91. The summed E-state index contributed by atoms with van der Waals surface area (Å²) >= 11 is 0. The van der Waals surface area contributed by atoms with Gasteiger partial charge in [0.1, 0.15) is 0 Å². The van der Waals surface area contributed by atoms with E-state index in [1.165, 1.54) is 12.8 Å². The molecule has 0 spiro atoms. The van der Waals surface area contributed by atoms with Gasteiger partial charge in [-0.1, -0.05) is 0 Å². The van der Waals surface area contributed by atoms with Gasteiger partial charge in [-0.2, -0.15) is 0 Å². The van der Waals surface area contributed by atoms with Crippen LogP contribution < -0.4 is 5.32 Å². The lowest BCUT2D eigenvalue weighted by Crippen LogP contribution is -2.45. The van der Waals surface area contributed by atoms with Crippen molar-refractivity contribution in [2.24, 2.45) is 0 Å². The van der Waals surface area contributed by atoms with Crippen LogP contribution in [0.1, 0.15) is 19.3 Å². The monoisotopic (exact) mass is 211 g/mol. The fourth-order valence-electron chi connectivity index (χ4n) is 2.49. The fourth-order valence-corrected chi connectivity index (χ4v) is 2.49. The van der Waals surface area contributed by atoms with Crippen LogP contribution in [0.3, 0.4) is 0 Å². The van der Waals surface area contributed by atoms with Crippen LogP contribution in [0, 0.1) is 0 Å². The van der Waals surface area contributed by atoms with E-state index in [4.69, 9.17) is 0 Å². The van der Waals surface area contributed by atoms with E-state index in [1.807, 2.05) is 11.9 Å². The number of hydrogen-bond donors (Lipinski definition) is 1. The summed E-state index contributed by atoms with van der Waals surface area (Å²) in [6, 6.07) is 0.627. The van der Waals surface area contributed by atoms with E-state index in [-0.39, 0.29) is 5.91 Å². The number of piperidine rings is 1. The Bertz CT molecular complexity index is 226. The largest absolute Gasteiger partial charge is 0.345 e. The minimum absolute atomic E-state index is 0.283. The third-order valence-electron chi connectivity index (χ3n) is 3.53. The van der Waals surface area contributed by atoms with Crippen molar-refractivity contribution < 1.29 is 4.79 Å². The topological polar surface area (TPSA) is 35.6 Å². The van der Waals surface area contributed by atoms with E-state index < -0.39 is 0 Å². The summed E-state index contributed by atoms with van der Waals surface area (Å²) in [5.74, 6) is 0.283. The van der Waals surface area contributed by atoms with Crippen LogP contribution in [0.5, 0.6) is 0 Å². The molecule has 15 heavy (non-hydrogen) atoms. The third-order valence-corrected chi connectivity index (χ3v) is 3.53. The number of amides is 1. The molecule has 0 radical (unpaired) electrons. The van der Waals surface area contributed by atoms with Crippen LogP contribution in [0.4, 0.5) is 0 Å². The van der Waals surface area contributed by atoms with Crippen molar-refractivity contribution in [2.45, 2.75) is 25.3 Å². The molecular weight excluding hydrogens is 190 g/mol. The molecule has 2 heterocycles. The highest BCUT2D eigenvalue weighted by Gasteiger charge is 2.25. The van der Waals surface area contributed by atoms with Crippen LogP contribution in [0.15, 0.2) is 0 Å². The zero-order valence-corrected chi connectivity index (χ0v) is 9.54. The molecule has 0 saturated carbocycles. The molecule has 0 bridgehead atoms. The van der Waals surface area contributed by atoms with Crippen molar-refractivity contribution in [3.8, 4) is 0 Å². The highest BCUT2D eigenvalue weighted by molar-refractivity contribution is 5.78. The van der Waals surface area contributed by atoms with Crippen LogP contribution in [-0.4, -0.2) is 61.5 Å². The molecule has 0 aliphatic carbocycles. The van der Waals surface area contributed by atoms with Gasteiger partial charge in [-0.3, -0.25) is 9.69 Å². The normalized spacial score (nSPS) is 26.7. The average molecular weight is 211 g/mol. The molecule has 2 aliphatic heterocycles. The highest BCUT2D eigenvalue weighted by atomic mass is 16.2. The molecule has 1 amide bonds. The molecule has 2 rings (SSSR count). The molecule has 0 aromatic heterocycles. The number of likely N-dealkylation sites (N-methyl/N-ethyl adjacent to an activating group) is 1. The minimum Gasteiger partial charge on any atom is -0.345 e. The number of nitrogens with one attached hydrogen (secondary N) is 1. The molecule has 2 saturated heterocycles. The molecule has 2 fully saturated rings. The minimum atomic E-state index is 0.283. The Balaban J connectivity index is 1.93. The number of nitrogens with zero attached hydrogens (tertiary/aromatic N) is 2. The SMILES string of the molecule is CN1CCCN(C2CCNCC2)CC1=O. The van der Waals surface area contributed by atoms with E-state index >= 15 is 0 Å². The van der Waals surface area contributed by atoms with Gasteiger partial charge in [-0.25, -0.2) is 0 Å². The van der Waals surface area contributed by atoms with Gasteiger partial charge in [0, 0.05) is 26.2 Å². The van der Waals surface area contributed by atoms with Gasteiger partial charge >= 0.3 is 0 Å². The van der Waals surface area contributed by atoms with Gasteiger partial charge in [-0.15, -0.1) is 0 Å². The third kappa shape index (κ3) is 2.69. The summed E-state index contributed by atoms with van der Waals surface area (Å²) in [5, 5.41) is 3.37. The first-order valence-electron chi connectivity index (χ1n) is 5.96. The van der Waals surface area contributed by atoms with Crippen LogP contribution in [-0.2, 0) is 4.79 Å². The van der Waals surface area contributed by atoms with Crippen LogP contribution >= 0.6 is 0 Å². The summed E-state index contributed by atoms with van der Waals surface area (Å²) in [5.41, 5.74) is 0. The van der Waals surface area contributed by atoms with Gasteiger partial charge < -0.3 is 10.2 Å². The van der Waals surface area contributed by atoms with Crippen LogP contribution in [0.25, 0.3) is 0 Å². The van der Waals surface area contributed by atoms with Crippen molar-refractivity contribution in [2.75, 3.05) is 39.8 Å². The molecule has 0 aromatic carbocycles. The van der Waals surface area contributed by atoms with Gasteiger partial charge in [0.05, 0.1) is 6.54 Å². The zero-order valence-electron chi connectivity index (χ0n) is 9.54.